The molecule has 52 heavy (non-hydrogen) atoms. The third-order valence-electron chi connectivity index (χ3n) is 9.24. The van der Waals surface area contributed by atoms with Crippen LogP contribution in [0.3, 0.4) is 0 Å². The lowest BCUT2D eigenvalue weighted by Gasteiger charge is -2.08. The fourth-order valence-electron chi connectivity index (χ4n) is 6.53. The first-order valence-corrected chi connectivity index (χ1v) is 17.4. The van der Waals surface area contributed by atoms with E-state index in [1.807, 2.05) is 68.0 Å². The fourth-order valence-corrected chi connectivity index (χ4v) is 6.53. The van der Waals surface area contributed by atoms with Crippen LogP contribution in [-0.4, -0.2) is 19.5 Å². The van der Waals surface area contributed by atoms with E-state index in [1.54, 1.807) is 0 Å². The van der Waals surface area contributed by atoms with Crippen LogP contribution in [0, 0.1) is 0 Å². The average molecular weight is 669 g/mol. The van der Waals surface area contributed by atoms with Gasteiger partial charge in [-0.25, -0.2) is 4.98 Å². The van der Waals surface area contributed by atoms with Crippen molar-refractivity contribution in [2.75, 3.05) is 0 Å². The first-order chi connectivity index (χ1) is 25.6. The molecule has 9 aromatic rings. The minimum atomic E-state index is 0.888. The molecule has 5 aromatic carbocycles. The lowest BCUT2D eigenvalue weighted by molar-refractivity contribution is 1.08. The number of allylic oxidation sites excluding steroid dienone is 1. The quantitative estimate of drug-likeness (QED) is 0.177. The Balaban J connectivity index is 0.000000378. The Hall–Kier alpha value is -6.91. The fraction of sp³-hybridized carbons (Fsp3) is 0.0208. The minimum Gasteiger partial charge on any atom is -0.294 e. The molecule has 4 heteroatoms. The van der Waals surface area contributed by atoms with E-state index in [4.69, 9.17) is 15.0 Å². The maximum absolute atomic E-state index is 4.85. The van der Waals surface area contributed by atoms with Gasteiger partial charge in [-0.15, -0.1) is 0 Å². The van der Waals surface area contributed by atoms with Crippen LogP contribution in [0.15, 0.2) is 195 Å². The molecule has 0 aliphatic heterocycles. The molecule has 0 bridgehead atoms. The smallest absolute Gasteiger partial charge is 0.137 e. The molecule has 0 atom stereocenters. The summed E-state index contributed by atoms with van der Waals surface area (Å²) >= 11 is 0. The van der Waals surface area contributed by atoms with Gasteiger partial charge in [0.1, 0.15) is 5.82 Å². The second-order valence-corrected chi connectivity index (χ2v) is 12.7. The Bertz CT molecular complexity index is 2450. The lowest BCUT2D eigenvalue weighted by Crippen LogP contribution is -1.96. The van der Waals surface area contributed by atoms with Gasteiger partial charge in [-0.1, -0.05) is 133 Å². The first-order valence-electron chi connectivity index (χ1n) is 17.4. The van der Waals surface area contributed by atoms with Crippen LogP contribution in [0.5, 0.6) is 0 Å². The standard InChI is InChI=1S/C39H26N4.C9H10/c1-3-9-27(10-4-1)31-14-18-35(41-25-31)29-16-20-37-33(23-29)34-24-30(17-21-38(34)43(37)39-13-7-8-22-40-39)36-19-15-32(26-42-36)28-11-5-2-6-12-28;1-8(2)9-6-4-3-5-7-9/h1-26H;3-7H,1H2,2H3. The summed E-state index contributed by atoms with van der Waals surface area (Å²) in [4.78, 5) is 14.4. The maximum Gasteiger partial charge on any atom is 0.137 e. The molecule has 9 rings (SSSR count). The zero-order chi connectivity index (χ0) is 35.3. The molecule has 0 spiro atoms. The SMILES string of the molecule is C=C(C)c1ccccc1.c1ccc(-c2ccc(-c3ccc4c(c3)c3cc(-c5ccc(-c6ccccc6)cn5)ccc3n4-c3ccccn3)nc2)cc1. The number of hydrogen-bond acceptors (Lipinski definition) is 3. The van der Waals surface area contributed by atoms with Crippen molar-refractivity contribution in [3.8, 4) is 50.6 Å². The van der Waals surface area contributed by atoms with E-state index in [2.05, 4.69) is 139 Å². The molecule has 0 saturated carbocycles. The van der Waals surface area contributed by atoms with E-state index >= 15 is 0 Å². The molecule has 0 amide bonds. The Labute approximate surface area is 304 Å². The summed E-state index contributed by atoms with van der Waals surface area (Å²) in [5.74, 6) is 0.888. The van der Waals surface area contributed by atoms with Crippen LogP contribution in [0.1, 0.15) is 12.5 Å². The van der Waals surface area contributed by atoms with Crippen LogP contribution in [0.4, 0.5) is 0 Å². The Morgan fingerprint density at radius 2 is 0.904 bits per heavy atom. The van der Waals surface area contributed by atoms with Crippen molar-refractivity contribution in [2.45, 2.75) is 6.92 Å². The Kier molecular flexibility index (Phi) is 9.02. The van der Waals surface area contributed by atoms with Crippen LogP contribution in [-0.2, 0) is 0 Å². The minimum absolute atomic E-state index is 0.888. The summed E-state index contributed by atoms with van der Waals surface area (Å²) in [7, 11) is 0. The number of aromatic nitrogens is 4. The molecular weight excluding hydrogens is 633 g/mol. The number of benzene rings is 5. The maximum atomic E-state index is 4.85. The summed E-state index contributed by atoms with van der Waals surface area (Å²) in [6.07, 6.45) is 5.75. The van der Waals surface area contributed by atoms with Crippen LogP contribution in [0.25, 0.3) is 78.0 Å². The number of nitrogens with zero attached hydrogens (tertiary/aromatic N) is 4. The van der Waals surface area contributed by atoms with Crippen molar-refractivity contribution < 1.29 is 0 Å². The Morgan fingerprint density at radius 1 is 0.442 bits per heavy atom. The van der Waals surface area contributed by atoms with E-state index in [-0.39, 0.29) is 0 Å². The van der Waals surface area contributed by atoms with E-state index in [1.165, 1.54) is 5.56 Å². The van der Waals surface area contributed by atoms with E-state index in [9.17, 15) is 0 Å². The molecule has 0 radical (unpaired) electrons. The predicted octanol–water partition coefficient (Wildman–Crippen LogP) is 12.4. The van der Waals surface area contributed by atoms with Crippen molar-refractivity contribution in [2.24, 2.45) is 0 Å². The van der Waals surface area contributed by atoms with Gasteiger partial charge in [-0.05, 0) is 72.1 Å². The average Bonchev–Trinajstić information content (AvgIpc) is 3.55. The highest BCUT2D eigenvalue weighted by Crippen LogP contribution is 2.36. The van der Waals surface area contributed by atoms with Crippen molar-refractivity contribution in [3.05, 3.63) is 201 Å². The van der Waals surface area contributed by atoms with Gasteiger partial charge < -0.3 is 0 Å². The molecule has 4 heterocycles. The number of hydrogen-bond donors (Lipinski definition) is 0. The lowest BCUT2D eigenvalue weighted by atomic mass is 10.0. The van der Waals surface area contributed by atoms with Gasteiger partial charge in [0, 0.05) is 51.6 Å². The monoisotopic (exact) mass is 668 g/mol. The first kappa shape index (κ1) is 32.3. The molecule has 4 nitrogen and oxygen atoms in total. The molecule has 0 saturated heterocycles. The van der Waals surface area contributed by atoms with Crippen molar-refractivity contribution in [1.82, 2.24) is 19.5 Å². The third kappa shape index (κ3) is 6.66. The summed E-state index contributed by atoms with van der Waals surface area (Å²) < 4.78 is 2.23. The van der Waals surface area contributed by atoms with Gasteiger partial charge in [0.05, 0.1) is 22.4 Å². The highest BCUT2D eigenvalue weighted by molar-refractivity contribution is 6.11. The number of pyridine rings is 3. The summed E-state index contributed by atoms with van der Waals surface area (Å²) in [5.41, 5.74) is 13.1. The van der Waals surface area contributed by atoms with Gasteiger partial charge in [0.25, 0.3) is 0 Å². The summed E-state index contributed by atoms with van der Waals surface area (Å²) in [6, 6.07) is 58.5. The zero-order valence-electron chi connectivity index (χ0n) is 28.9. The topological polar surface area (TPSA) is 43.6 Å². The van der Waals surface area contributed by atoms with Crippen LogP contribution >= 0.6 is 0 Å². The molecule has 0 aliphatic rings. The molecule has 0 fully saturated rings. The van der Waals surface area contributed by atoms with Crippen molar-refractivity contribution in [3.63, 3.8) is 0 Å². The molecular formula is C48H36N4. The highest BCUT2D eigenvalue weighted by atomic mass is 15.1. The largest absolute Gasteiger partial charge is 0.294 e. The zero-order valence-corrected chi connectivity index (χ0v) is 28.9. The number of fused-ring (bicyclic) bond motifs is 3. The summed E-state index contributed by atoms with van der Waals surface area (Å²) in [5, 5.41) is 2.30. The second kappa shape index (κ2) is 14.5. The second-order valence-electron chi connectivity index (χ2n) is 12.7. The summed E-state index contributed by atoms with van der Waals surface area (Å²) in [6.45, 7) is 5.83. The third-order valence-corrected chi connectivity index (χ3v) is 9.24. The van der Waals surface area contributed by atoms with Gasteiger partial charge in [-0.2, -0.15) is 0 Å². The molecule has 0 aliphatic carbocycles. The van der Waals surface area contributed by atoms with Gasteiger partial charge in [0.15, 0.2) is 0 Å². The van der Waals surface area contributed by atoms with Gasteiger partial charge in [0.2, 0.25) is 0 Å². The predicted molar refractivity (Wildman–Crippen MR) is 217 cm³/mol. The van der Waals surface area contributed by atoms with E-state index < -0.39 is 0 Å². The normalized spacial score (nSPS) is 10.9. The van der Waals surface area contributed by atoms with Crippen molar-refractivity contribution >= 4 is 27.4 Å². The molecule has 248 valence electrons. The van der Waals surface area contributed by atoms with Crippen LogP contribution in [0.2, 0.25) is 0 Å². The Morgan fingerprint density at radius 3 is 1.31 bits per heavy atom. The van der Waals surface area contributed by atoms with Crippen LogP contribution < -0.4 is 0 Å². The van der Waals surface area contributed by atoms with Gasteiger partial charge in [-0.3, -0.25) is 14.5 Å². The van der Waals surface area contributed by atoms with Gasteiger partial charge >= 0.3 is 0 Å². The molecule has 0 N–H and O–H groups in total. The highest BCUT2D eigenvalue weighted by Gasteiger charge is 2.16. The number of rotatable bonds is 6. The van der Waals surface area contributed by atoms with Crippen molar-refractivity contribution in [1.29, 1.82) is 0 Å². The molecule has 4 aromatic heterocycles. The molecule has 0 unspecified atom stereocenters. The van der Waals surface area contributed by atoms with E-state index in [0.717, 1.165) is 78.0 Å². The van der Waals surface area contributed by atoms with E-state index in [0.29, 0.717) is 0 Å².